The van der Waals surface area contributed by atoms with Gasteiger partial charge in [0.25, 0.3) is 0 Å². The maximum atomic E-state index is 5.92. The van der Waals surface area contributed by atoms with Crippen LogP contribution in [0.4, 0.5) is 0 Å². The summed E-state index contributed by atoms with van der Waals surface area (Å²) in [5.74, 6) is 1.54. The third-order valence-electron chi connectivity index (χ3n) is 3.31. The van der Waals surface area contributed by atoms with Gasteiger partial charge in [0.1, 0.15) is 11.3 Å². The van der Waals surface area contributed by atoms with Crippen molar-refractivity contribution in [2.45, 2.75) is 20.3 Å². The van der Waals surface area contributed by atoms with Crippen molar-refractivity contribution in [2.75, 3.05) is 5.88 Å². The molecular weight excluding hydrogens is 270 g/mol. The monoisotopic (exact) mass is 285 g/mol. The highest BCUT2D eigenvalue weighted by atomic mass is 35.5. The molecule has 0 saturated carbocycles. The maximum absolute atomic E-state index is 5.92. The average molecular weight is 286 g/mol. The number of halogens is 1. The van der Waals surface area contributed by atoms with Gasteiger partial charge in [0, 0.05) is 24.2 Å². The Labute approximate surface area is 123 Å². The average Bonchev–Trinajstić information content (AvgIpc) is 2.76. The zero-order valence-electron chi connectivity index (χ0n) is 11.6. The molecule has 3 nitrogen and oxygen atoms in total. The molecule has 102 valence electrons. The lowest BCUT2D eigenvalue weighted by atomic mass is 10.1. The number of aromatic nitrogens is 3. The van der Waals surface area contributed by atoms with Gasteiger partial charge in [0.05, 0.1) is 11.7 Å². The summed E-state index contributed by atoms with van der Waals surface area (Å²) in [5, 5.41) is 0. The summed E-state index contributed by atoms with van der Waals surface area (Å²) in [5.41, 5.74) is 5.61. The van der Waals surface area contributed by atoms with Gasteiger partial charge in [-0.25, -0.2) is 4.98 Å². The molecule has 0 N–H and O–H groups in total. The minimum Gasteiger partial charge on any atom is -0.296 e. The number of alkyl halides is 1. The number of rotatable bonds is 3. The number of imidazole rings is 1. The van der Waals surface area contributed by atoms with E-state index in [1.807, 2.05) is 6.07 Å². The molecule has 0 spiro atoms. The molecule has 0 fully saturated rings. The van der Waals surface area contributed by atoms with Crippen LogP contribution in [0.2, 0.25) is 0 Å². The molecule has 2 aromatic heterocycles. The quantitative estimate of drug-likeness (QED) is 0.685. The molecule has 1 aromatic carbocycles. The molecule has 20 heavy (non-hydrogen) atoms. The summed E-state index contributed by atoms with van der Waals surface area (Å²) >= 11 is 5.92. The second kappa shape index (κ2) is 5.25. The molecule has 0 amide bonds. The number of benzene rings is 1. The lowest BCUT2D eigenvalue weighted by Crippen LogP contribution is -2.03. The van der Waals surface area contributed by atoms with Crippen molar-refractivity contribution >= 4 is 22.6 Å². The Morgan fingerprint density at radius 1 is 1.15 bits per heavy atom. The molecule has 0 atom stereocenters. The van der Waals surface area contributed by atoms with E-state index in [1.165, 1.54) is 11.1 Å². The molecule has 0 bridgehead atoms. The Balaban J connectivity index is 2.29. The van der Waals surface area contributed by atoms with Crippen LogP contribution in [-0.4, -0.2) is 20.4 Å². The van der Waals surface area contributed by atoms with E-state index in [0.717, 1.165) is 29.0 Å². The highest BCUT2D eigenvalue weighted by Gasteiger charge is 2.12. The summed E-state index contributed by atoms with van der Waals surface area (Å²) in [7, 11) is 0. The first kappa shape index (κ1) is 13.1. The van der Waals surface area contributed by atoms with Gasteiger partial charge in [-0.3, -0.25) is 9.55 Å². The molecule has 3 aromatic rings. The van der Waals surface area contributed by atoms with Crippen LogP contribution in [0.15, 0.2) is 36.7 Å². The Hall–Kier alpha value is -1.87. The molecule has 4 heteroatoms. The van der Waals surface area contributed by atoms with Gasteiger partial charge >= 0.3 is 0 Å². The lowest BCUT2D eigenvalue weighted by Gasteiger charge is -2.10. The molecular formula is C16H16ClN3. The third-order valence-corrected chi connectivity index (χ3v) is 3.50. The van der Waals surface area contributed by atoms with Crippen molar-refractivity contribution < 1.29 is 0 Å². The summed E-state index contributed by atoms with van der Waals surface area (Å²) < 4.78 is 2.18. The number of aryl methyl sites for hydroxylation is 3. The smallest absolute Gasteiger partial charge is 0.115 e. The number of pyridine rings is 1. The molecule has 2 heterocycles. The number of nitrogens with zero attached hydrogens (tertiary/aromatic N) is 3. The minimum absolute atomic E-state index is 0.557. The highest BCUT2D eigenvalue weighted by molar-refractivity contribution is 6.17. The predicted octanol–water partition coefficient (Wildman–Crippen LogP) is 3.82. The van der Waals surface area contributed by atoms with E-state index in [2.05, 4.69) is 46.6 Å². The van der Waals surface area contributed by atoms with Gasteiger partial charge in [0.2, 0.25) is 0 Å². The Morgan fingerprint density at radius 2 is 1.90 bits per heavy atom. The van der Waals surface area contributed by atoms with Crippen molar-refractivity contribution in [1.82, 2.24) is 14.5 Å². The van der Waals surface area contributed by atoms with Gasteiger partial charge in [-0.2, -0.15) is 0 Å². The van der Waals surface area contributed by atoms with Gasteiger partial charge in [-0.05, 0) is 43.2 Å². The highest BCUT2D eigenvalue weighted by Crippen LogP contribution is 2.23. The summed E-state index contributed by atoms with van der Waals surface area (Å²) in [6, 6.07) is 8.52. The SMILES string of the molecule is Cc1cc(C)cc(-n2c(CCCl)nc3cnccc32)c1. The van der Waals surface area contributed by atoms with E-state index >= 15 is 0 Å². The predicted molar refractivity (Wildman–Crippen MR) is 82.8 cm³/mol. The number of fused-ring (bicyclic) bond motifs is 1. The van der Waals surface area contributed by atoms with Gasteiger partial charge in [0.15, 0.2) is 0 Å². The number of hydrogen-bond donors (Lipinski definition) is 0. The first-order valence-electron chi connectivity index (χ1n) is 6.65. The van der Waals surface area contributed by atoms with Crippen LogP contribution in [0.25, 0.3) is 16.7 Å². The van der Waals surface area contributed by atoms with Crippen LogP contribution >= 0.6 is 11.6 Å². The van der Waals surface area contributed by atoms with Crippen LogP contribution in [0.1, 0.15) is 17.0 Å². The van der Waals surface area contributed by atoms with Crippen LogP contribution in [0, 0.1) is 13.8 Å². The van der Waals surface area contributed by atoms with Crippen molar-refractivity contribution in [1.29, 1.82) is 0 Å². The van der Waals surface area contributed by atoms with Gasteiger partial charge < -0.3 is 0 Å². The maximum Gasteiger partial charge on any atom is 0.115 e. The van der Waals surface area contributed by atoms with Crippen molar-refractivity contribution in [3.63, 3.8) is 0 Å². The third kappa shape index (κ3) is 2.29. The minimum atomic E-state index is 0.557. The number of hydrogen-bond acceptors (Lipinski definition) is 2. The van der Waals surface area contributed by atoms with Gasteiger partial charge in [-0.1, -0.05) is 6.07 Å². The lowest BCUT2D eigenvalue weighted by molar-refractivity contribution is 0.910. The van der Waals surface area contributed by atoms with Crippen LogP contribution in [-0.2, 0) is 6.42 Å². The van der Waals surface area contributed by atoms with Gasteiger partial charge in [-0.15, -0.1) is 11.6 Å². The zero-order valence-corrected chi connectivity index (χ0v) is 12.4. The molecule has 0 saturated heterocycles. The fourth-order valence-electron chi connectivity index (χ4n) is 2.60. The van der Waals surface area contributed by atoms with E-state index in [4.69, 9.17) is 11.6 Å². The summed E-state index contributed by atoms with van der Waals surface area (Å²) in [6.07, 6.45) is 4.34. The molecule has 0 aliphatic rings. The Kier molecular flexibility index (Phi) is 3.45. The largest absolute Gasteiger partial charge is 0.296 e. The second-order valence-corrected chi connectivity index (χ2v) is 5.39. The van der Waals surface area contributed by atoms with Crippen LogP contribution in [0.5, 0.6) is 0 Å². The normalized spacial score (nSPS) is 11.2. The standard InChI is InChI=1S/C16H16ClN3/c1-11-7-12(2)9-13(8-11)20-15-4-6-18-10-14(15)19-16(20)3-5-17/h4,6-10H,3,5H2,1-2H3. The first-order chi connectivity index (χ1) is 9.69. The fraction of sp³-hybridized carbons (Fsp3) is 0.250. The van der Waals surface area contributed by atoms with E-state index < -0.39 is 0 Å². The topological polar surface area (TPSA) is 30.7 Å². The first-order valence-corrected chi connectivity index (χ1v) is 7.18. The van der Waals surface area contributed by atoms with Crippen LogP contribution in [0.3, 0.4) is 0 Å². The fourth-order valence-corrected chi connectivity index (χ4v) is 2.77. The van der Waals surface area contributed by atoms with Crippen molar-refractivity contribution in [2.24, 2.45) is 0 Å². The molecule has 0 unspecified atom stereocenters. The molecule has 3 rings (SSSR count). The Bertz CT molecular complexity index is 741. The van der Waals surface area contributed by atoms with Crippen molar-refractivity contribution in [3.05, 3.63) is 53.6 Å². The van der Waals surface area contributed by atoms with E-state index in [1.54, 1.807) is 12.4 Å². The second-order valence-electron chi connectivity index (χ2n) is 5.01. The molecule has 0 radical (unpaired) electrons. The summed E-state index contributed by atoms with van der Waals surface area (Å²) in [4.78, 5) is 8.80. The molecule has 0 aliphatic carbocycles. The zero-order chi connectivity index (χ0) is 14.1. The van der Waals surface area contributed by atoms with E-state index in [-0.39, 0.29) is 0 Å². The van der Waals surface area contributed by atoms with E-state index in [9.17, 15) is 0 Å². The van der Waals surface area contributed by atoms with Crippen LogP contribution < -0.4 is 0 Å². The molecule has 0 aliphatic heterocycles. The Morgan fingerprint density at radius 3 is 2.60 bits per heavy atom. The van der Waals surface area contributed by atoms with Crippen molar-refractivity contribution in [3.8, 4) is 5.69 Å². The summed E-state index contributed by atoms with van der Waals surface area (Å²) in [6.45, 7) is 4.22. The van der Waals surface area contributed by atoms with E-state index in [0.29, 0.717) is 5.88 Å².